The summed E-state index contributed by atoms with van der Waals surface area (Å²) >= 11 is 0. The number of rotatable bonds is 10. The summed E-state index contributed by atoms with van der Waals surface area (Å²) in [5.41, 5.74) is -0.156. The highest BCUT2D eigenvalue weighted by Gasteiger charge is 2.20. The van der Waals surface area contributed by atoms with Crippen molar-refractivity contribution >= 4 is 17.8 Å². The number of benzene rings is 1. The Balaban J connectivity index is 2.61. The molecule has 0 radical (unpaired) electrons. The van der Waals surface area contributed by atoms with Crippen molar-refractivity contribution in [1.82, 2.24) is 10.6 Å². The smallest absolute Gasteiger partial charge is 0.387 e. The number of carbonyl (C=O) groups excluding carboxylic acids is 2. The van der Waals surface area contributed by atoms with E-state index in [0.717, 1.165) is 6.42 Å². The lowest BCUT2D eigenvalue weighted by Crippen LogP contribution is -2.45. The van der Waals surface area contributed by atoms with Gasteiger partial charge in [0.2, 0.25) is 5.91 Å². The largest absolute Gasteiger partial charge is 0.480 e. The summed E-state index contributed by atoms with van der Waals surface area (Å²) in [4.78, 5) is 34.8. The number of hydrogen-bond acceptors (Lipinski definition) is 4. The van der Waals surface area contributed by atoms with Crippen molar-refractivity contribution in [2.75, 3.05) is 6.54 Å². The van der Waals surface area contributed by atoms with Crippen molar-refractivity contribution in [2.24, 2.45) is 0 Å². The Morgan fingerprint density at radius 1 is 1.24 bits per heavy atom. The molecule has 0 saturated heterocycles. The Hall–Kier alpha value is -2.71. The van der Waals surface area contributed by atoms with Crippen LogP contribution in [0.25, 0.3) is 0 Å². The second-order valence-electron chi connectivity index (χ2n) is 5.16. The van der Waals surface area contributed by atoms with Crippen molar-refractivity contribution in [1.29, 1.82) is 0 Å². The molecule has 0 unspecified atom stereocenters. The number of aliphatic carboxylic acids is 1. The molecule has 3 N–H and O–H groups in total. The number of para-hydroxylation sites is 1. The molecule has 7 nitrogen and oxygen atoms in total. The third kappa shape index (κ3) is 7.15. The topological polar surface area (TPSA) is 105 Å². The zero-order valence-corrected chi connectivity index (χ0v) is 13.6. The monoisotopic (exact) mass is 358 g/mol. The predicted octanol–water partition coefficient (Wildman–Crippen LogP) is 1.78. The van der Waals surface area contributed by atoms with Crippen LogP contribution in [-0.2, 0) is 9.59 Å². The number of halogens is 2. The number of amides is 2. The molecule has 2 amide bonds. The van der Waals surface area contributed by atoms with Crippen LogP contribution >= 0.6 is 0 Å². The van der Waals surface area contributed by atoms with Crippen LogP contribution in [0.1, 0.15) is 36.5 Å². The average molecular weight is 358 g/mol. The Morgan fingerprint density at radius 2 is 1.92 bits per heavy atom. The van der Waals surface area contributed by atoms with Gasteiger partial charge in [0, 0.05) is 0 Å². The number of unbranched alkanes of at least 4 members (excludes halogenated alkanes) is 1. The first-order chi connectivity index (χ1) is 11.8. The molecule has 138 valence electrons. The third-order valence-corrected chi connectivity index (χ3v) is 3.24. The van der Waals surface area contributed by atoms with Crippen LogP contribution in [0.5, 0.6) is 5.75 Å². The zero-order chi connectivity index (χ0) is 18.8. The third-order valence-electron chi connectivity index (χ3n) is 3.24. The molecule has 0 aliphatic rings. The summed E-state index contributed by atoms with van der Waals surface area (Å²) in [5, 5.41) is 13.6. The van der Waals surface area contributed by atoms with Crippen LogP contribution in [0.4, 0.5) is 8.78 Å². The zero-order valence-electron chi connectivity index (χ0n) is 13.6. The summed E-state index contributed by atoms with van der Waals surface area (Å²) in [6.45, 7) is -1.69. The molecule has 25 heavy (non-hydrogen) atoms. The first-order valence-electron chi connectivity index (χ1n) is 7.69. The molecular formula is C16H20F2N2O5. The molecule has 0 aromatic heterocycles. The number of carbonyl (C=O) groups is 3. The van der Waals surface area contributed by atoms with Gasteiger partial charge in [0.05, 0.1) is 12.1 Å². The van der Waals surface area contributed by atoms with E-state index < -0.39 is 37.0 Å². The molecule has 0 fully saturated rings. The first-order valence-corrected chi connectivity index (χ1v) is 7.69. The van der Waals surface area contributed by atoms with Crippen LogP contribution < -0.4 is 15.4 Å². The van der Waals surface area contributed by atoms with Gasteiger partial charge in [-0.05, 0) is 18.6 Å². The van der Waals surface area contributed by atoms with Crippen LogP contribution in [0, 0.1) is 0 Å². The molecule has 1 atom stereocenters. The fraction of sp³-hybridized carbons (Fsp3) is 0.438. The van der Waals surface area contributed by atoms with Crippen LogP contribution in [0.2, 0.25) is 0 Å². The number of ether oxygens (including phenoxy) is 1. The van der Waals surface area contributed by atoms with Gasteiger partial charge in [0.25, 0.3) is 5.91 Å². The molecule has 1 aromatic rings. The second-order valence-corrected chi connectivity index (χ2v) is 5.16. The van der Waals surface area contributed by atoms with Crippen LogP contribution in [-0.4, -0.2) is 42.1 Å². The summed E-state index contributed by atoms with van der Waals surface area (Å²) in [5.74, 6) is -2.96. The first kappa shape index (κ1) is 20.3. The maximum absolute atomic E-state index is 12.3. The van der Waals surface area contributed by atoms with E-state index in [4.69, 9.17) is 5.11 Å². The van der Waals surface area contributed by atoms with E-state index in [2.05, 4.69) is 15.4 Å². The number of alkyl halides is 2. The Labute approximate surface area is 143 Å². The number of carboxylic acids is 1. The average Bonchev–Trinajstić information content (AvgIpc) is 2.56. The van der Waals surface area contributed by atoms with E-state index >= 15 is 0 Å². The van der Waals surface area contributed by atoms with Crippen molar-refractivity contribution in [3.63, 3.8) is 0 Å². The van der Waals surface area contributed by atoms with E-state index in [1.54, 1.807) is 0 Å². The van der Waals surface area contributed by atoms with Crippen molar-refractivity contribution in [2.45, 2.75) is 38.8 Å². The highest BCUT2D eigenvalue weighted by molar-refractivity contribution is 5.99. The summed E-state index contributed by atoms with van der Waals surface area (Å²) < 4.78 is 28.9. The van der Waals surface area contributed by atoms with E-state index in [0.29, 0.717) is 6.42 Å². The predicted molar refractivity (Wildman–Crippen MR) is 84.5 cm³/mol. The fourth-order valence-electron chi connectivity index (χ4n) is 2.02. The molecule has 0 aliphatic carbocycles. The normalized spacial score (nSPS) is 11.7. The van der Waals surface area contributed by atoms with Gasteiger partial charge in [0.15, 0.2) is 0 Å². The van der Waals surface area contributed by atoms with Crippen LogP contribution in [0.15, 0.2) is 24.3 Å². The minimum Gasteiger partial charge on any atom is -0.480 e. The molecule has 0 bridgehead atoms. The maximum atomic E-state index is 12.3. The van der Waals surface area contributed by atoms with Crippen molar-refractivity contribution in [3.05, 3.63) is 29.8 Å². The van der Waals surface area contributed by atoms with Crippen LogP contribution in [0.3, 0.4) is 0 Å². The van der Waals surface area contributed by atoms with Gasteiger partial charge >= 0.3 is 12.6 Å². The minimum atomic E-state index is -3.09. The maximum Gasteiger partial charge on any atom is 0.387 e. The number of nitrogens with one attached hydrogen (secondary N) is 2. The van der Waals surface area contributed by atoms with Gasteiger partial charge < -0.3 is 20.5 Å². The molecule has 1 rings (SSSR count). The molecule has 9 heteroatoms. The fourth-order valence-corrected chi connectivity index (χ4v) is 2.02. The highest BCUT2D eigenvalue weighted by atomic mass is 19.3. The van der Waals surface area contributed by atoms with Crippen molar-refractivity contribution in [3.8, 4) is 5.75 Å². The van der Waals surface area contributed by atoms with E-state index in [-0.39, 0.29) is 17.7 Å². The van der Waals surface area contributed by atoms with Gasteiger partial charge in [-0.25, -0.2) is 4.79 Å². The van der Waals surface area contributed by atoms with E-state index in [9.17, 15) is 23.2 Å². The van der Waals surface area contributed by atoms with Gasteiger partial charge in [-0.15, -0.1) is 0 Å². The van der Waals surface area contributed by atoms with E-state index in [1.165, 1.54) is 24.3 Å². The second kappa shape index (κ2) is 10.2. The summed E-state index contributed by atoms with van der Waals surface area (Å²) in [6, 6.07) is 4.31. The molecular weight excluding hydrogens is 338 g/mol. The minimum absolute atomic E-state index is 0.156. The lowest BCUT2D eigenvalue weighted by Gasteiger charge is -2.15. The summed E-state index contributed by atoms with van der Waals surface area (Å²) in [6.07, 6.45) is 1.68. The number of carboxylic acid groups (broad SMARTS) is 1. The van der Waals surface area contributed by atoms with Gasteiger partial charge in [-0.3, -0.25) is 9.59 Å². The van der Waals surface area contributed by atoms with Gasteiger partial charge in [0.1, 0.15) is 11.8 Å². The van der Waals surface area contributed by atoms with E-state index in [1.807, 2.05) is 6.92 Å². The van der Waals surface area contributed by atoms with Gasteiger partial charge in [-0.2, -0.15) is 8.78 Å². The molecule has 0 spiro atoms. The highest BCUT2D eigenvalue weighted by Crippen LogP contribution is 2.19. The van der Waals surface area contributed by atoms with Gasteiger partial charge in [-0.1, -0.05) is 31.9 Å². The molecule has 0 saturated carbocycles. The number of hydrogen-bond donors (Lipinski definition) is 3. The lowest BCUT2D eigenvalue weighted by atomic mass is 10.1. The Bertz CT molecular complexity index is 610. The Kier molecular flexibility index (Phi) is 8.31. The Morgan fingerprint density at radius 3 is 2.52 bits per heavy atom. The SMILES string of the molecule is CCCC[C@H](NC(=O)CNC(=O)c1ccccc1OC(F)F)C(=O)O. The lowest BCUT2D eigenvalue weighted by molar-refractivity contribution is -0.141. The standard InChI is InChI=1S/C16H20F2N2O5/c1-2-3-7-11(15(23)24)20-13(21)9-19-14(22)10-6-4-5-8-12(10)25-16(17)18/h4-6,8,11,16H,2-3,7,9H2,1H3,(H,19,22)(H,20,21)(H,23,24)/t11-/m0/s1. The molecule has 0 heterocycles. The molecule has 1 aromatic carbocycles. The molecule has 0 aliphatic heterocycles. The quantitative estimate of drug-likeness (QED) is 0.591. The van der Waals surface area contributed by atoms with Crippen molar-refractivity contribution < 1.29 is 33.0 Å². The summed E-state index contributed by atoms with van der Waals surface area (Å²) in [7, 11) is 0.